The van der Waals surface area contributed by atoms with E-state index in [9.17, 15) is 19.8 Å². The number of fused-ring (bicyclic) bond motifs is 6. The van der Waals surface area contributed by atoms with E-state index in [0.29, 0.717) is 69.0 Å². The molecule has 8 nitrogen and oxygen atoms in total. The first-order valence-electron chi connectivity index (χ1n) is 18.4. The fourth-order valence-electron chi connectivity index (χ4n) is 10.5. The molecule has 1 unspecified atom stereocenters. The topological polar surface area (TPSA) is 97.2 Å². The molecule has 5 aliphatic rings. The molecule has 3 aliphatic carbocycles. The van der Waals surface area contributed by atoms with E-state index in [1.54, 1.807) is 11.0 Å². The van der Waals surface area contributed by atoms with Gasteiger partial charge in [0.1, 0.15) is 17.3 Å². The number of para-hydroxylation sites is 1. The Morgan fingerprint density at radius 2 is 1.80 bits per heavy atom. The number of terminal acetylenes is 1. The normalized spacial score (nSPS) is 31.5. The van der Waals surface area contributed by atoms with Crippen LogP contribution in [0.2, 0.25) is 0 Å². The average molecular weight is 661 g/mol. The van der Waals surface area contributed by atoms with E-state index in [-0.39, 0.29) is 17.2 Å². The zero-order valence-electron chi connectivity index (χ0n) is 28.8. The van der Waals surface area contributed by atoms with Crippen LogP contribution in [0.5, 0.6) is 0 Å². The number of aliphatic hydroxyl groups excluding tert-OH is 1. The first kappa shape index (κ1) is 32.3. The molecule has 8 heteroatoms. The summed E-state index contributed by atoms with van der Waals surface area (Å²) >= 11 is 0. The fourth-order valence-corrected chi connectivity index (χ4v) is 10.5. The highest BCUT2D eigenvalue weighted by molar-refractivity contribution is 5.98. The van der Waals surface area contributed by atoms with Crippen LogP contribution in [-0.4, -0.2) is 81.2 Å². The molecule has 3 aromatic rings. The van der Waals surface area contributed by atoms with Crippen LogP contribution in [0.4, 0.5) is 5.69 Å². The second-order valence-electron chi connectivity index (χ2n) is 15.6. The molecular weight excluding hydrogens is 612 g/mol. The lowest BCUT2D eigenvalue weighted by Gasteiger charge is -2.52. The Kier molecular flexibility index (Phi) is 8.00. The summed E-state index contributed by atoms with van der Waals surface area (Å²) in [7, 11) is 0. The van der Waals surface area contributed by atoms with E-state index in [1.807, 2.05) is 42.2 Å². The number of piperazine rings is 1. The first-order valence-corrected chi connectivity index (χ1v) is 18.4. The Hall–Kier alpha value is -3.93. The quantitative estimate of drug-likeness (QED) is 0.361. The second kappa shape index (κ2) is 12.1. The van der Waals surface area contributed by atoms with Crippen LogP contribution in [0.3, 0.4) is 0 Å². The van der Waals surface area contributed by atoms with Crippen molar-refractivity contribution in [1.82, 2.24) is 14.8 Å². The predicted octanol–water partition coefficient (Wildman–Crippen LogP) is 5.46. The van der Waals surface area contributed by atoms with Crippen molar-refractivity contribution in [2.45, 2.75) is 88.9 Å². The van der Waals surface area contributed by atoms with Crippen LogP contribution < -0.4 is 4.90 Å². The Balaban J connectivity index is 0.985. The standard InChI is InChI=1S/C41H48N4O4/c1-4-41(49)18-16-33-30-13-11-28-24-31(26(2)46)37(25-32(28)29(30)15-17-40(33,41)3)43-20-22-44(23-21-43)39(48)36-10-7-19-45(36)38(47)35-14-12-27-8-5-6-9-34(27)42-35/h1,5-6,8-9,12,14,24-26,29-30,33,36,46,49H,7,10-11,13,15-23H2,2-3H3/t26?,29-,30+,33-,36-,40-,41+/m0/s1. The highest BCUT2D eigenvalue weighted by atomic mass is 16.3. The van der Waals surface area contributed by atoms with E-state index in [0.717, 1.165) is 60.7 Å². The number of benzene rings is 2. The van der Waals surface area contributed by atoms with Crippen molar-refractivity contribution in [2.75, 3.05) is 37.6 Å². The van der Waals surface area contributed by atoms with Gasteiger partial charge in [0.05, 0.1) is 11.6 Å². The summed E-state index contributed by atoms with van der Waals surface area (Å²) in [5.74, 6) is 3.96. The summed E-state index contributed by atoms with van der Waals surface area (Å²) in [5, 5.41) is 23.3. The van der Waals surface area contributed by atoms with E-state index in [1.165, 1.54) is 11.1 Å². The molecule has 49 heavy (non-hydrogen) atoms. The van der Waals surface area contributed by atoms with Gasteiger partial charge in [-0.1, -0.05) is 43.2 Å². The summed E-state index contributed by atoms with van der Waals surface area (Å²) in [6, 6.07) is 15.6. The van der Waals surface area contributed by atoms with Gasteiger partial charge in [0.2, 0.25) is 5.91 Å². The average Bonchev–Trinajstić information content (AvgIpc) is 3.73. The van der Waals surface area contributed by atoms with Crippen LogP contribution in [0.1, 0.15) is 98.0 Å². The third kappa shape index (κ3) is 5.15. The Morgan fingerprint density at radius 3 is 2.57 bits per heavy atom. The van der Waals surface area contributed by atoms with Gasteiger partial charge in [0, 0.05) is 54.8 Å². The monoisotopic (exact) mass is 660 g/mol. The van der Waals surface area contributed by atoms with Crippen LogP contribution in [0, 0.1) is 29.6 Å². The summed E-state index contributed by atoms with van der Waals surface area (Å²) in [4.78, 5) is 38.1. The molecule has 2 saturated carbocycles. The van der Waals surface area contributed by atoms with Gasteiger partial charge in [-0.05, 0) is 105 Å². The van der Waals surface area contributed by atoms with Gasteiger partial charge in [-0.25, -0.2) is 4.98 Å². The minimum Gasteiger partial charge on any atom is -0.389 e. The molecule has 2 saturated heterocycles. The van der Waals surface area contributed by atoms with Gasteiger partial charge in [-0.3, -0.25) is 9.59 Å². The molecule has 0 spiro atoms. The lowest BCUT2D eigenvalue weighted by molar-refractivity contribution is -0.135. The maximum atomic E-state index is 13.9. The molecule has 2 aromatic carbocycles. The second-order valence-corrected chi connectivity index (χ2v) is 15.6. The molecule has 1 aromatic heterocycles. The molecule has 2 amide bonds. The van der Waals surface area contributed by atoms with Crippen molar-refractivity contribution in [2.24, 2.45) is 17.3 Å². The molecule has 256 valence electrons. The van der Waals surface area contributed by atoms with E-state index in [2.05, 4.69) is 34.9 Å². The van der Waals surface area contributed by atoms with Gasteiger partial charge in [-0.2, -0.15) is 0 Å². The molecule has 2 aliphatic heterocycles. The summed E-state index contributed by atoms with van der Waals surface area (Å²) in [6.45, 7) is 7.10. The zero-order valence-corrected chi connectivity index (χ0v) is 28.8. The summed E-state index contributed by atoms with van der Waals surface area (Å²) in [6.07, 6.45) is 12.4. The molecule has 7 atom stereocenters. The van der Waals surface area contributed by atoms with Crippen molar-refractivity contribution in [1.29, 1.82) is 0 Å². The molecule has 0 bridgehead atoms. The molecule has 4 fully saturated rings. The van der Waals surface area contributed by atoms with Gasteiger partial charge in [-0.15, -0.1) is 6.42 Å². The number of hydrogen-bond acceptors (Lipinski definition) is 6. The van der Waals surface area contributed by atoms with E-state index in [4.69, 9.17) is 6.42 Å². The van der Waals surface area contributed by atoms with Gasteiger partial charge in [0.15, 0.2) is 0 Å². The molecular formula is C41H48N4O4. The number of aryl methyl sites for hydroxylation is 1. The third-order valence-electron chi connectivity index (χ3n) is 13.3. The van der Waals surface area contributed by atoms with Gasteiger partial charge < -0.3 is 24.9 Å². The van der Waals surface area contributed by atoms with Crippen LogP contribution >= 0.6 is 0 Å². The number of hydrogen-bond donors (Lipinski definition) is 2. The van der Waals surface area contributed by atoms with Gasteiger partial charge >= 0.3 is 0 Å². The number of rotatable bonds is 4. The SMILES string of the molecule is C#C[C@@]1(O)CC[C@H]2[C@@H]3CCc4cc(C(C)O)c(N5CCN(C(=O)[C@@H]6CCCN6C(=O)c6ccc7ccccc7n6)CC5)cc4[C@H]3CC[C@@]21C. The number of amides is 2. The third-order valence-corrected chi connectivity index (χ3v) is 13.3. The number of pyridine rings is 1. The Bertz CT molecular complexity index is 1840. The lowest BCUT2D eigenvalue weighted by Crippen LogP contribution is -2.54. The molecule has 0 radical (unpaired) electrons. The summed E-state index contributed by atoms with van der Waals surface area (Å²) in [5.41, 5.74) is 4.67. The minimum absolute atomic E-state index is 0.0177. The van der Waals surface area contributed by atoms with Crippen molar-refractivity contribution in [3.63, 3.8) is 0 Å². The number of aliphatic hydroxyl groups is 2. The number of carbonyl (C=O) groups excluding carboxylic acids is 2. The minimum atomic E-state index is -1.02. The first-order chi connectivity index (χ1) is 23.6. The van der Waals surface area contributed by atoms with Crippen molar-refractivity contribution >= 4 is 28.4 Å². The van der Waals surface area contributed by atoms with Crippen molar-refractivity contribution in [3.05, 3.63) is 70.9 Å². The smallest absolute Gasteiger partial charge is 0.273 e. The maximum Gasteiger partial charge on any atom is 0.273 e. The molecule has 3 heterocycles. The largest absolute Gasteiger partial charge is 0.389 e. The number of nitrogens with zero attached hydrogens (tertiary/aromatic N) is 4. The fraction of sp³-hybridized carbons (Fsp3) is 0.537. The van der Waals surface area contributed by atoms with Crippen LogP contribution in [0.15, 0.2) is 48.5 Å². The highest BCUT2D eigenvalue weighted by Gasteiger charge is 2.61. The molecule has 8 rings (SSSR count). The number of aromatic nitrogens is 1. The summed E-state index contributed by atoms with van der Waals surface area (Å²) < 4.78 is 0. The van der Waals surface area contributed by atoms with E-state index >= 15 is 0 Å². The maximum absolute atomic E-state index is 13.9. The van der Waals surface area contributed by atoms with Gasteiger partial charge in [0.25, 0.3) is 5.91 Å². The lowest BCUT2D eigenvalue weighted by atomic mass is 9.53. The highest BCUT2D eigenvalue weighted by Crippen LogP contribution is 2.64. The van der Waals surface area contributed by atoms with Crippen LogP contribution in [0.25, 0.3) is 10.9 Å². The number of anilines is 1. The zero-order chi connectivity index (χ0) is 34.1. The number of likely N-dealkylation sites (tertiary alicyclic amines) is 1. The number of carbonyl (C=O) groups is 2. The van der Waals surface area contributed by atoms with E-state index < -0.39 is 17.7 Å². The predicted molar refractivity (Wildman–Crippen MR) is 190 cm³/mol. The Morgan fingerprint density at radius 1 is 1.00 bits per heavy atom. The molecule has 2 N–H and O–H groups in total. The van der Waals surface area contributed by atoms with Crippen molar-refractivity contribution in [3.8, 4) is 12.3 Å². The van der Waals surface area contributed by atoms with Crippen molar-refractivity contribution < 1.29 is 19.8 Å². The van der Waals surface area contributed by atoms with Crippen LogP contribution in [-0.2, 0) is 11.2 Å². The Labute approximate surface area is 289 Å².